The Kier molecular flexibility index (Phi) is 5.95. The van der Waals surface area contributed by atoms with Crippen molar-refractivity contribution in [2.75, 3.05) is 5.32 Å². The first-order valence-corrected chi connectivity index (χ1v) is 8.46. The summed E-state index contributed by atoms with van der Waals surface area (Å²) in [6, 6.07) is 26.2. The van der Waals surface area contributed by atoms with Crippen LogP contribution in [0.5, 0.6) is 0 Å². The summed E-state index contributed by atoms with van der Waals surface area (Å²) >= 11 is 0. The molecule has 0 bridgehead atoms. The van der Waals surface area contributed by atoms with Crippen molar-refractivity contribution < 1.29 is 4.79 Å². The Morgan fingerprint density at radius 2 is 1.52 bits per heavy atom. The van der Waals surface area contributed by atoms with E-state index < -0.39 is 5.91 Å². The van der Waals surface area contributed by atoms with E-state index in [2.05, 4.69) is 15.6 Å². The molecular weight excluding hydrogens is 336 g/mol. The minimum absolute atomic E-state index is 0.0301. The van der Waals surface area contributed by atoms with Crippen LogP contribution in [0.1, 0.15) is 17.2 Å². The molecule has 0 radical (unpaired) electrons. The molecule has 27 heavy (non-hydrogen) atoms. The number of nitriles is 1. The Morgan fingerprint density at radius 3 is 2.04 bits per heavy atom. The fourth-order valence-electron chi connectivity index (χ4n) is 2.60. The molecule has 1 amide bonds. The van der Waals surface area contributed by atoms with Crippen molar-refractivity contribution in [1.82, 2.24) is 10.3 Å². The zero-order valence-electron chi connectivity index (χ0n) is 14.5. The molecule has 5 nitrogen and oxygen atoms in total. The number of pyridine rings is 1. The number of nitrogens with one attached hydrogen (secondary N) is 2. The van der Waals surface area contributed by atoms with Gasteiger partial charge >= 0.3 is 0 Å². The lowest BCUT2D eigenvalue weighted by Gasteiger charge is -2.19. The molecule has 0 atom stereocenters. The summed E-state index contributed by atoms with van der Waals surface area (Å²) in [5, 5.41) is 15.2. The molecule has 0 fully saturated rings. The summed E-state index contributed by atoms with van der Waals surface area (Å²) in [7, 11) is 0. The summed E-state index contributed by atoms with van der Waals surface area (Å²) in [6.45, 7) is 0. The summed E-state index contributed by atoms with van der Waals surface area (Å²) < 4.78 is 0. The maximum Gasteiger partial charge on any atom is 0.264 e. The van der Waals surface area contributed by atoms with Crippen molar-refractivity contribution in [2.24, 2.45) is 0 Å². The molecule has 2 N–H and O–H groups in total. The summed E-state index contributed by atoms with van der Waals surface area (Å²) in [5.41, 5.74) is 1.84. The molecule has 0 aliphatic rings. The van der Waals surface area contributed by atoms with Crippen LogP contribution in [0.25, 0.3) is 0 Å². The van der Waals surface area contributed by atoms with E-state index in [1.807, 2.05) is 72.8 Å². The normalized spacial score (nSPS) is 10.9. The molecule has 0 spiro atoms. The smallest absolute Gasteiger partial charge is 0.264 e. The van der Waals surface area contributed by atoms with Gasteiger partial charge in [0.1, 0.15) is 17.5 Å². The minimum Gasteiger partial charge on any atom is -0.345 e. The first-order valence-electron chi connectivity index (χ1n) is 8.46. The first-order chi connectivity index (χ1) is 13.3. The van der Waals surface area contributed by atoms with Crippen LogP contribution in [0, 0.1) is 11.3 Å². The molecule has 0 unspecified atom stereocenters. The third-order valence-electron chi connectivity index (χ3n) is 3.94. The number of rotatable bonds is 6. The van der Waals surface area contributed by atoms with Crippen LogP contribution in [0.15, 0.2) is 96.8 Å². The largest absolute Gasteiger partial charge is 0.345 e. The monoisotopic (exact) mass is 354 g/mol. The zero-order chi connectivity index (χ0) is 18.9. The van der Waals surface area contributed by atoms with Gasteiger partial charge in [0.05, 0.1) is 6.04 Å². The van der Waals surface area contributed by atoms with Gasteiger partial charge in [0.25, 0.3) is 5.91 Å². The summed E-state index contributed by atoms with van der Waals surface area (Å²) in [5.74, 6) is 0.0966. The molecule has 5 heteroatoms. The van der Waals surface area contributed by atoms with Crippen LogP contribution in [0.2, 0.25) is 0 Å². The molecule has 0 aliphatic heterocycles. The number of aromatic nitrogens is 1. The number of anilines is 1. The lowest BCUT2D eigenvalue weighted by Crippen LogP contribution is -2.30. The molecule has 3 rings (SSSR count). The Bertz CT molecular complexity index is 908. The third kappa shape index (κ3) is 4.80. The van der Waals surface area contributed by atoms with Crippen LogP contribution in [-0.4, -0.2) is 10.9 Å². The number of hydrogen-bond donors (Lipinski definition) is 2. The molecule has 1 heterocycles. The van der Waals surface area contributed by atoms with E-state index >= 15 is 0 Å². The fourth-order valence-corrected chi connectivity index (χ4v) is 2.60. The summed E-state index contributed by atoms with van der Waals surface area (Å²) in [6.07, 6.45) is 2.99. The van der Waals surface area contributed by atoms with Crippen molar-refractivity contribution in [3.63, 3.8) is 0 Å². The van der Waals surface area contributed by atoms with Crippen LogP contribution in [-0.2, 0) is 4.79 Å². The predicted octanol–water partition coefficient (Wildman–Crippen LogP) is 3.81. The van der Waals surface area contributed by atoms with Crippen LogP contribution in [0.4, 0.5) is 5.82 Å². The quantitative estimate of drug-likeness (QED) is 0.521. The highest BCUT2D eigenvalue weighted by Crippen LogP contribution is 2.22. The van der Waals surface area contributed by atoms with Gasteiger partial charge in [-0.3, -0.25) is 4.79 Å². The third-order valence-corrected chi connectivity index (χ3v) is 3.94. The topological polar surface area (TPSA) is 77.8 Å². The molecule has 0 aliphatic carbocycles. The summed E-state index contributed by atoms with van der Waals surface area (Å²) in [4.78, 5) is 16.8. The Morgan fingerprint density at radius 1 is 0.926 bits per heavy atom. The number of carbonyl (C=O) groups is 1. The van der Waals surface area contributed by atoms with E-state index in [1.54, 1.807) is 18.3 Å². The van der Waals surface area contributed by atoms with E-state index in [0.29, 0.717) is 5.82 Å². The number of nitrogens with zero attached hydrogens (tertiary/aromatic N) is 2. The number of benzene rings is 2. The second kappa shape index (κ2) is 8.97. The number of amides is 1. The number of carbonyl (C=O) groups excluding carboxylic acids is 1. The van der Waals surface area contributed by atoms with Gasteiger partial charge in [-0.2, -0.15) is 5.26 Å². The van der Waals surface area contributed by atoms with E-state index in [9.17, 15) is 10.1 Å². The molecule has 2 aromatic carbocycles. The Labute approximate surface area is 158 Å². The van der Waals surface area contributed by atoms with Crippen molar-refractivity contribution >= 4 is 11.7 Å². The molecular formula is C22H18N4O. The van der Waals surface area contributed by atoms with Crippen LogP contribution in [0.3, 0.4) is 0 Å². The van der Waals surface area contributed by atoms with Crippen molar-refractivity contribution in [1.29, 1.82) is 5.26 Å². The SMILES string of the molecule is N#C/C(=C/Nc1ccccn1)C(=O)NC(c1ccccc1)c1ccccc1. The van der Waals surface area contributed by atoms with Crippen molar-refractivity contribution in [3.8, 4) is 6.07 Å². The fraction of sp³-hybridized carbons (Fsp3) is 0.0455. The van der Waals surface area contributed by atoms with E-state index in [-0.39, 0.29) is 11.6 Å². The van der Waals surface area contributed by atoms with Crippen molar-refractivity contribution in [3.05, 3.63) is 108 Å². The highest BCUT2D eigenvalue weighted by molar-refractivity contribution is 5.98. The van der Waals surface area contributed by atoms with Crippen molar-refractivity contribution in [2.45, 2.75) is 6.04 Å². The van der Waals surface area contributed by atoms with Gasteiger partial charge in [0.2, 0.25) is 0 Å². The average Bonchev–Trinajstić information content (AvgIpc) is 2.74. The van der Waals surface area contributed by atoms with E-state index in [0.717, 1.165) is 11.1 Å². The zero-order valence-corrected chi connectivity index (χ0v) is 14.5. The van der Waals surface area contributed by atoms with Gasteiger partial charge in [-0.15, -0.1) is 0 Å². The molecule has 1 aromatic heterocycles. The Hall–Kier alpha value is -3.91. The highest BCUT2D eigenvalue weighted by Gasteiger charge is 2.19. The van der Waals surface area contributed by atoms with Crippen LogP contribution < -0.4 is 10.6 Å². The molecule has 3 aromatic rings. The average molecular weight is 354 g/mol. The molecule has 132 valence electrons. The second-order valence-electron chi connectivity index (χ2n) is 5.76. The Balaban J connectivity index is 1.82. The maximum absolute atomic E-state index is 12.7. The van der Waals surface area contributed by atoms with Gasteiger partial charge in [-0.05, 0) is 23.3 Å². The van der Waals surface area contributed by atoms with Gasteiger partial charge in [-0.25, -0.2) is 4.98 Å². The van der Waals surface area contributed by atoms with Gasteiger partial charge in [-0.1, -0.05) is 66.7 Å². The maximum atomic E-state index is 12.7. The minimum atomic E-state index is -0.460. The second-order valence-corrected chi connectivity index (χ2v) is 5.76. The first kappa shape index (κ1) is 17.9. The van der Waals surface area contributed by atoms with Crippen LogP contribution >= 0.6 is 0 Å². The van der Waals surface area contributed by atoms with Gasteiger partial charge in [0.15, 0.2) is 0 Å². The molecule has 0 saturated carbocycles. The molecule has 0 saturated heterocycles. The predicted molar refractivity (Wildman–Crippen MR) is 104 cm³/mol. The lowest BCUT2D eigenvalue weighted by atomic mass is 9.98. The lowest BCUT2D eigenvalue weighted by molar-refractivity contribution is -0.117. The van der Waals surface area contributed by atoms with Gasteiger partial charge in [0, 0.05) is 12.4 Å². The number of hydrogen-bond acceptors (Lipinski definition) is 4. The standard InChI is InChI=1S/C22H18N4O/c23-15-19(16-25-20-13-7-8-14-24-20)22(27)26-21(17-9-3-1-4-10-17)18-11-5-2-6-12-18/h1-14,16,21H,(H,24,25)(H,26,27)/b19-16-. The van der Waals surface area contributed by atoms with E-state index in [1.165, 1.54) is 6.20 Å². The van der Waals surface area contributed by atoms with E-state index in [4.69, 9.17) is 0 Å². The highest BCUT2D eigenvalue weighted by atomic mass is 16.1. The van der Waals surface area contributed by atoms with Gasteiger partial charge < -0.3 is 10.6 Å².